The molecule has 1 N–H and O–H groups in total. The van der Waals surface area contributed by atoms with Crippen LogP contribution in [0.5, 0.6) is 0 Å². The smallest absolute Gasteiger partial charge is 0.308 e. The van der Waals surface area contributed by atoms with Gasteiger partial charge in [-0.1, -0.05) is 13.8 Å². The van der Waals surface area contributed by atoms with Gasteiger partial charge in [0.1, 0.15) is 5.75 Å². The van der Waals surface area contributed by atoms with E-state index in [9.17, 15) is 18.0 Å². The van der Waals surface area contributed by atoms with Gasteiger partial charge in [0.15, 0.2) is 9.84 Å². The molecule has 0 bridgehead atoms. The van der Waals surface area contributed by atoms with Crippen molar-refractivity contribution in [1.29, 1.82) is 0 Å². The Labute approximate surface area is 113 Å². The first-order valence-electron chi connectivity index (χ1n) is 6.42. The number of carbonyl (C=O) groups excluding carboxylic acids is 1. The van der Waals surface area contributed by atoms with Gasteiger partial charge in [-0.15, -0.1) is 0 Å². The van der Waals surface area contributed by atoms with E-state index < -0.39 is 33.4 Å². The Balaban J connectivity index is 2.61. The van der Waals surface area contributed by atoms with Crippen molar-refractivity contribution in [3.63, 3.8) is 0 Å². The molecule has 1 saturated heterocycles. The predicted molar refractivity (Wildman–Crippen MR) is 70.4 cm³/mol. The monoisotopic (exact) mass is 291 g/mol. The highest BCUT2D eigenvalue weighted by Gasteiger charge is 2.30. The predicted octanol–water partition coefficient (Wildman–Crippen LogP) is 0.380. The molecule has 0 aliphatic carbocycles. The molecule has 0 spiro atoms. The van der Waals surface area contributed by atoms with Crippen molar-refractivity contribution in [1.82, 2.24) is 4.90 Å². The quantitative estimate of drug-likeness (QED) is 0.790. The first-order chi connectivity index (χ1) is 8.71. The summed E-state index contributed by atoms with van der Waals surface area (Å²) in [6.07, 6.45) is 1.14. The van der Waals surface area contributed by atoms with Gasteiger partial charge < -0.3 is 10.0 Å². The standard InChI is InChI=1S/C12H21NO5S/c1-9(2)7-19(17,18)8-11(14)13-5-3-4-10(6-13)12(15)16/h9-10H,3-8H2,1-2H3,(H,15,16)/t10-/m0/s1. The lowest BCUT2D eigenvalue weighted by atomic mass is 9.98. The third kappa shape index (κ3) is 5.18. The van der Waals surface area contributed by atoms with Crippen LogP contribution in [0.25, 0.3) is 0 Å². The molecule has 0 aromatic carbocycles. The summed E-state index contributed by atoms with van der Waals surface area (Å²) in [5.74, 6) is -2.54. The number of rotatable bonds is 5. The maximum atomic E-state index is 11.9. The Bertz CT molecular complexity index is 443. The van der Waals surface area contributed by atoms with E-state index in [0.717, 1.165) is 0 Å². The zero-order valence-corrected chi connectivity index (χ0v) is 12.1. The maximum Gasteiger partial charge on any atom is 0.308 e. The van der Waals surface area contributed by atoms with Crippen LogP contribution in [0.2, 0.25) is 0 Å². The second kappa shape index (κ2) is 6.36. The number of nitrogens with zero attached hydrogens (tertiary/aromatic N) is 1. The minimum atomic E-state index is -3.41. The van der Waals surface area contributed by atoms with E-state index in [1.165, 1.54) is 4.90 Å². The number of amides is 1. The van der Waals surface area contributed by atoms with Gasteiger partial charge in [-0.05, 0) is 18.8 Å². The van der Waals surface area contributed by atoms with Crippen molar-refractivity contribution in [2.45, 2.75) is 26.7 Å². The van der Waals surface area contributed by atoms with Crippen LogP contribution in [0.1, 0.15) is 26.7 Å². The molecule has 0 radical (unpaired) electrons. The summed E-state index contributed by atoms with van der Waals surface area (Å²) in [5, 5.41) is 8.93. The third-order valence-corrected chi connectivity index (χ3v) is 4.92. The van der Waals surface area contributed by atoms with Gasteiger partial charge >= 0.3 is 5.97 Å². The van der Waals surface area contributed by atoms with E-state index >= 15 is 0 Å². The Morgan fingerprint density at radius 3 is 2.53 bits per heavy atom. The zero-order chi connectivity index (χ0) is 14.6. The molecule has 7 heteroatoms. The fraction of sp³-hybridized carbons (Fsp3) is 0.833. The average molecular weight is 291 g/mol. The van der Waals surface area contributed by atoms with Crippen LogP contribution in [-0.4, -0.2) is 54.9 Å². The molecule has 1 heterocycles. The van der Waals surface area contributed by atoms with Crippen LogP contribution < -0.4 is 0 Å². The number of sulfone groups is 1. The van der Waals surface area contributed by atoms with Gasteiger partial charge in [-0.2, -0.15) is 0 Å². The van der Waals surface area contributed by atoms with Gasteiger partial charge in [0, 0.05) is 13.1 Å². The molecule has 0 saturated carbocycles. The number of piperidine rings is 1. The van der Waals surface area contributed by atoms with Gasteiger partial charge in [-0.25, -0.2) is 8.42 Å². The number of carbonyl (C=O) groups is 2. The molecule has 1 aliphatic heterocycles. The van der Waals surface area contributed by atoms with Crippen LogP contribution in [0.3, 0.4) is 0 Å². The number of hydrogen-bond donors (Lipinski definition) is 1. The van der Waals surface area contributed by atoms with Crippen LogP contribution in [0.15, 0.2) is 0 Å². The Morgan fingerprint density at radius 2 is 2.00 bits per heavy atom. The lowest BCUT2D eigenvalue weighted by molar-refractivity contribution is -0.145. The fourth-order valence-corrected chi connectivity index (χ4v) is 3.94. The van der Waals surface area contributed by atoms with E-state index in [1.54, 1.807) is 13.8 Å². The van der Waals surface area contributed by atoms with Crippen LogP contribution in [-0.2, 0) is 19.4 Å². The number of hydrogen-bond acceptors (Lipinski definition) is 4. The van der Waals surface area contributed by atoms with Crippen molar-refractivity contribution in [3.05, 3.63) is 0 Å². The minimum absolute atomic E-state index is 0.0189. The molecule has 6 nitrogen and oxygen atoms in total. The highest BCUT2D eigenvalue weighted by atomic mass is 32.2. The van der Waals surface area contributed by atoms with Crippen molar-refractivity contribution < 1.29 is 23.1 Å². The molecule has 1 atom stereocenters. The minimum Gasteiger partial charge on any atom is -0.481 e. The molecule has 0 aromatic rings. The van der Waals surface area contributed by atoms with Crippen molar-refractivity contribution in [2.24, 2.45) is 11.8 Å². The zero-order valence-electron chi connectivity index (χ0n) is 11.3. The number of likely N-dealkylation sites (tertiary alicyclic amines) is 1. The second-order valence-electron chi connectivity index (χ2n) is 5.47. The molecule has 1 fully saturated rings. The summed E-state index contributed by atoms with van der Waals surface area (Å²) in [6.45, 7) is 4.12. The van der Waals surface area contributed by atoms with E-state index in [0.29, 0.717) is 19.4 Å². The Kier molecular flexibility index (Phi) is 5.34. The molecular formula is C12H21NO5S. The van der Waals surface area contributed by atoms with Crippen molar-refractivity contribution in [2.75, 3.05) is 24.6 Å². The van der Waals surface area contributed by atoms with Gasteiger partial charge in [0.05, 0.1) is 11.7 Å². The molecule has 1 aliphatic rings. The summed E-state index contributed by atoms with van der Waals surface area (Å²) in [7, 11) is -3.41. The average Bonchev–Trinajstić information content (AvgIpc) is 2.26. The molecule has 1 amide bonds. The normalized spacial score (nSPS) is 20.6. The van der Waals surface area contributed by atoms with Gasteiger partial charge in [0.2, 0.25) is 5.91 Å². The first kappa shape index (κ1) is 15.9. The lowest BCUT2D eigenvalue weighted by Gasteiger charge is -2.30. The van der Waals surface area contributed by atoms with Gasteiger partial charge in [-0.3, -0.25) is 9.59 Å². The maximum absolute atomic E-state index is 11.9. The molecule has 0 unspecified atom stereocenters. The lowest BCUT2D eigenvalue weighted by Crippen LogP contribution is -2.44. The fourth-order valence-electron chi connectivity index (χ4n) is 2.25. The number of aliphatic carboxylic acids is 1. The van der Waals surface area contributed by atoms with Crippen molar-refractivity contribution >= 4 is 21.7 Å². The summed E-state index contributed by atoms with van der Waals surface area (Å²) >= 11 is 0. The molecular weight excluding hydrogens is 270 g/mol. The number of carboxylic acid groups (broad SMARTS) is 1. The third-order valence-electron chi connectivity index (χ3n) is 3.05. The summed E-state index contributed by atoms with van der Waals surface area (Å²) in [5.41, 5.74) is 0. The van der Waals surface area contributed by atoms with Crippen LogP contribution >= 0.6 is 0 Å². The summed E-state index contributed by atoms with van der Waals surface area (Å²) in [4.78, 5) is 24.2. The topological polar surface area (TPSA) is 91.8 Å². The molecule has 110 valence electrons. The SMILES string of the molecule is CC(C)CS(=O)(=O)CC(=O)N1CCC[C@H](C(=O)O)C1. The summed E-state index contributed by atoms with van der Waals surface area (Å²) < 4.78 is 23.5. The Morgan fingerprint density at radius 1 is 1.37 bits per heavy atom. The van der Waals surface area contributed by atoms with Crippen LogP contribution in [0, 0.1) is 11.8 Å². The van der Waals surface area contributed by atoms with Gasteiger partial charge in [0.25, 0.3) is 0 Å². The first-order valence-corrected chi connectivity index (χ1v) is 8.24. The second-order valence-corrected chi connectivity index (χ2v) is 7.57. The highest BCUT2D eigenvalue weighted by Crippen LogP contribution is 2.17. The van der Waals surface area contributed by atoms with E-state index in [2.05, 4.69) is 0 Å². The van der Waals surface area contributed by atoms with Crippen molar-refractivity contribution in [3.8, 4) is 0 Å². The molecule has 19 heavy (non-hydrogen) atoms. The van der Waals surface area contributed by atoms with E-state index in [4.69, 9.17) is 5.11 Å². The molecule has 0 aromatic heterocycles. The van der Waals surface area contributed by atoms with E-state index in [1.807, 2.05) is 0 Å². The molecule has 1 rings (SSSR count). The summed E-state index contributed by atoms with van der Waals surface area (Å²) in [6, 6.07) is 0. The number of carboxylic acids is 1. The largest absolute Gasteiger partial charge is 0.481 e. The highest BCUT2D eigenvalue weighted by molar-refractivity contribution is 7.92. The Hall–Kier alpha value is -1.11. The van der Waals surface area contributed by atoms with E-state index in [-0.39, 0.29) is 18.2 Å². The van der Waals surface area contributed by atoms with Crippen LogP contribution in [0.4, 0.5) is 0 Å².